The fraction of sp³-hybridized carbons (Fsp3) is 0.265. The standard InChI is InChI=1S/C34H32ClN3O4S/c1-3-42-33(40)29-30(23-10-6-4-7-11-23)36-34-38(31(29)26-21-24(35)14-17-27(26)41-2)32(39)28(43-34)20-22-12-15-25(16-13-22)37-18-8-5-9-19-37/h4,6-7,10-17,20-21,31H,3,5,8-9,18-19H2,1-2H3/b28-20-/t31-/m1/s1. The van der Waals surface area contributed by atoms with Gasteiger partial charge in [-0.2, -0.15) is 0 Å². The highest BCUT2D eigenvalue weighted by Gasteiger charge is 2.36. The molecule has 0 unspecified atom stereocenters. The van der Waals surface area contributed by atoms with Gasteiger partial charge in [-0.15, -0.1) is 0 Å². The number of benzene rings is 3. The molecule has 0 saturated carbocycles. The van der Waals surface area contributed by atoms with Crippen LogP contribution in [0.3, 0.4) is 0 Å². The predicted molar refractivity (Wildman–Crippen MR) is 172 cm³/mol. The van der Waals surface area contributed by atoms with Crippen molar-refractivity contribution in [2.75, 3.05) is 31.7 Å². The molecule has 0 amide bonds. The highest BCUT2D eigenvalue weighted by molar-refractivity contribution is 7.07. The van der Waals surface area contributed by atoms with Gasteiger partial charge in [0.05, 0.1) is 29.5 Å². The third kappa shape index (κ3) is 5.77. The summed E-state index contributed by atoms with van der Waals surface area (Å²) in [6.45, 7) is 4.05. The van der Waals surface area contributed by atoms with Crippen molar-refractivity contribution < 1.29 is 14.3 Å². The molecule has 1 atom stereocenters. The molecule has 4 aromatic rings. The number of hydrogen-bond acceptors (Lipinski definition) is 7. The second-order valence-electron chi connectivity index (χ2n) is 10.5. The molecule has 0 aliphatic carbocycles. The van der Waals surface area contributed by atoms with Gasteiger partial charge in [0.15, 0.2) is 4.80 Å². The minimum Gasteiger partial charge on any atom is -0.496 e. The van der Waals surface area contributed by atoms with Crippen LogP contribution in [-0.4, -0.2) is 37.3 Å². The maximum absolute atomic E-state index is 14.2. The van der Waals surface area contributed by atoms with E-state index in [1.54, 1.807) is 36.8 Å². The van der Waals surface area contributed by atoms with E-state index in [9.17, 15) is 9.59 Å². The Balaban J connectivity index is 1.56. The number of nitrogens with zero attached hydrogens (tertiary/aromatic N) is 3. The van der Waals surface area contributed by atoms with Gasteiger partial charge in [0.25, 0.3) is 5.56 Å². The summed E-state index contributed by atoms with van der Waals surface area (Å²) in [7, 11) is 1.55. The Hall–Kier alpha value is -4.14. The molecule has 1 saturated heterocycles. The number of carbonyl (C=O) groups excluding carboxylic acids is 1. The summed E-state index contributed by atoms with van der Waals surface area (Å²) in [6.07, 6.45) is 5.58. The highest BCUT2D eigenvalue weighted by atomic mass is 35.5. The zero-order valence-electron chi connectivity index (χ0n) is 24.1. The zero-order valence-corrected chi connectivity index (χ0v) is 25.7. The number of thiazole rings is 1. The van der Waals surface area contributed by atoms with Crippen LogP contribution in [0, 0.1) is 0 Å². The topological polar surface area (TPSA) is 73.1 Å². The van der Waals surface area contributed by atoms with Crippen LogP contribution in [-0.2, 0) is 9.53 Å². The first-order valence-electron chi connectivity index (χ1n) is 14.5. The van der Waals surface area contributed by atoms with Crippen LogP contribution in [0.5, 0.6) is 5.75 Å². The first-order chi connectivity index (χ1) is 21.0. The Morgan fingerprint density at radius 1 is 1.05 bits per heavy atom. The van der Waals surface area contributed by atoms with E-state index >= 15 is 0 Å². The second kappa shape index (κ2) is 12.6. The van der Waals surface area contributed by atoms with E-state index in [1.807, 2.05) is 48.5 Å². The van der Waals surface area contributed by atoms with Gasteiger partial charge in [0, 0.05) is 34.9 Å². The maximum atomic E-state index is 14.2. The number of anilines is 1. The van der Waals surface area contributed by atoms with Crippen molar-refractivity contribution >= 4 is 46.4 Å². The largest absolute Gasteiger partial charge is 0.496 e. The van der Waals surface area contributed by atoms with E-state index in [-0.39, 0.29) is 17.7 Å². The lowest BCUT2D eigenvalue weighted by Gasteiger charge is -2.28. The average Bonchev–Trinajstić information content (AvgIpc) is 3.35. The van der Waals surface area contributed by atoms with Crippen molar-refractivity contribution in [1.82, 2.24) is 4.57 Å². The number of carbonyl (C=O) groups is 1. The SMILES string of the molecule is CCOC(=O)C1=C(c2ccccc2)N=c2s/c(=C\c3ccc(N4CCCCC4)cc3)c(=O)n2[C@@H]1c1cc(Cl)ccc1OC. The number of aromatic nitrogens is 1. The number of methoxy groups -OCH3 is 1. The zero-order chi connectivity index (χ0) is 29.9. The molecular weight excluding hydrogens is 582 g/mol. The van der Waals surface area contributed by atoms with E-state index in [0.29, 0.717) is 31.4 Å². The first kappa shape index (κ1) is 29.0. The first-order valence-corrected chi connectivity index (χ1v) is 15.6. The number of esters is 1. The van der Waals surface area contributed by atoms with Crippen LogP contribution in [0.1, 0.15) is 48.9 Å². The summed E-state index contributed by atoms with van der Waals surface area (Å²) in [5.41, 5.74) is 3.85. The van der Waals surface area contributed by atoms with Crippen molar-refractivity contribution in [2.24, 2.45) is 4.99 Å². The molecule has 2 aliphatic rings. The minimum atomic E-state index is -0.872. The van der Waals surface area contributed by atoms with E-state index in [4.69, 9.17) is 26.1 Å². The molecule has 0 bridgehead atoms. The summed E-state index contributed by atoms with van der Waals surface area (Å²) >= 11 is 7.77. The van der Waals surface area contributed by atoms with E-state index in [2.05, 4.69) is 17.0 Å². The van der Waals surface area contributed by atoms with Gasteiger partial charge in [-0.05, 0) is 68.2 Å². The number of fused-ring (bicyclic) bond motifs is 1. The Morgan fingerprint density at radius 2 is 1.79 bits per heavy atom. The Labute approximate surface area is 259 Å². The Morgan fingerprint density at radius 3 is 2.49 bits per heavy atom. The molecule has 43 heavy (non-hydrogen) atoms. The molecule has 0 spiro atoms. The van der Waals surface area contributed by atoms with Gasteiger partial charge in [-0.1, -0.05) is 65.4 Å². The number of rotatable bonds is 7. The average molecular weight is 614 g/mol. The van der Waals surface area contributed by atoms with Crippen LogP contribution in [0.4, 0.5) is 5.69 Å². The summed E-state index contributed by atoms with van der Waals surface area (Å²) in [5.74, 6) is -0.0619. The summed E-state index contributed by atoms with van der Waals surface area (Å²) in [4.78, 5) is 35.7. The van der Waals surface area contributed by atoms with E-state index < -0.39 is 12.0 Å². The summed E-state index contributed by atoms with van der Waals surface area (Å²) < 4.78 is 13.3. The number of ether oxygens (including phenoxy) is 2. The molecule has 3 heterocycles. The Bertz CT molecular complexity index is 1860. The van der Waals surface area contributed by atoms with Gasteiger partial charge in [-0.3, -0.25) is 9.36 Å². The van der Waals surface area contributed by atoms with E-state index in [0.717, 1.165) is 24.2 Å². The van der Waals surface area contributed by atoms with Crippen molar-refractivity contribution in [1.29, 1.82) is 0 Å². The lowest BCUT2D eigenvalue weighted by Crippen LogP contribution is -2.40. The van der Waals surface area contributed by atoms with Crippen LogP contribution in [0.25, 0.3) is 11.8 Å². The highest BCUT2D eigenvalue weighted by Crippen LogP contribution is 2.39. The third-order valence-electron chi connectivity index (χ3n) is 7.77. The number of piperidine rings is 1. The molecule has 6 rings (SSSR count). The van der Waals surface area contributed by atoms with Crippen molar-refractivity contribution in [3.63, 3.8) is 0 Å². The van der Waals surface area contributed by atoms with Crippen molar-refractivity contribution in [3.05, 3.63) is 120 Å². The predicted octanol–water partition coefficient (Wildman–Crippen LogP) is 5.59. The van der Waals surface area contributed by atoms with Gasteiger partial charge in [0.1, 0.15) is 11.8 Å². The van der Waals surface area contributed by atoms with Crippen LogP contribution in [0.2, 0.25) is 5.02 Å². The second-order valence-corrected chi connectivity index (χ2v) is 11.9. The number of halogens is 1. The fourth-order valence-electron chi connectivity index (χ4n) is 5.74. The van der Waals surface area contributed by atoms with Gasteiger partial charge >= 0.3 is 5.97 Å². The molecular formula is C34H32ClN3O4S. The van der Waals surface area contributed by atoms with Gasteiger partial charge in [-0.25, -0.2) is 9.79 Å². The molecule has 220 valence electrons. The van der Waals surface area contributed by atoms with Crippen molar-refractivity contribution in [3.8, 4) is 5.75 Å². The molecule has 1 aromatic heterocycles. The maximum Gasteiger partial charge on any atom is 0.338 e. The van der Waals surface area contributed by atoms with Gasteiger partial charge in [0.2, 0.25) is 0 Å². The summed E-state index contributed by atoms with van der Waals surface area (Å²) in [6, 6.07) is 22.1. The lowest BCUT2D eigenvalue weighted by atomic mass is 9.92. The Kier molecular flexibility index (Phi) is 8.49. The molecule has 0 radical (unpaired) electrons. The molecule has 2 aliphatic heterocycles. The number of hydrogen-bond donors (Lipinski definition) is 0. The monoisotopic (exact) mass is 613 g/mol. The molecule has 0 N–H and O–H groups in total. The normalized spacial score (nSPS) is 17.0. The van der Waals surface area contributed by atoms with Crippen molar-refractivity contribution in [2.45, 2.75) is 32.2 Å². The molecule has 1 fully saturated rings. The van der Waals surface area contributed by atoms with E-state index in [1.165, 1.54) is 36.3 Å². The molecule has 9 heteroatoms. The molecule has 3 aromatic carbocycles. The van der Waals surface area contributed by atoms with Crippen LogP contribution >= 0.6 is 22.9 Å². The van der Waals surface area contributed by atoms with Crippen LogP contribution in [0.15, 0.2) is 88.2 Å². The summed E-state index contributed by atoms with van der Waals surface area (Å²) in [5, 5.41) is 0.452. The quantitative estimate of drug-likeness (QED) is 0.254. The third-order valence-corrected chi connectivity index (χ3v) is 8.99. The smallest absolute Gasteiger partial charge is 0.338 e. The van der Waals surface area contributed by atoms with Gasteiger partial charge < -0.3 is 14.4 Å². The molecule has 7 nitrogen and oxygen atoms in total. The van der Waals surface area contributed by atoms with Crippen LogP contribution < -0.4 is 24.5 Å². The minimum absolute atomic E-state index is 0.168. The fourth-order valence-corrected chi connectivity index (χ4v) is 6.92. The lowest BCUT2D eigenvalue weighted by molar-refractivity contribution is -0.138.